The lowest BCUT2D eigenvalue weighted by Gasteiger charge is -2.06. The van der Waals surface area contributed by atoms with Crippen molar-refractivity contribution in [3.8, 4) is 0 Å². The maximum Gasteiger partial charge on any atom is 0.248 e. The Morgan fingerprint density at radius 2 is 1.81 bits per heavy atom. The summed E-state index contributed by atoms with van der Waals surface area (Å²) in [5.74, 6) is -1.000. The number of benzene rings is 2. The highest BCUT2D eigenvalue weighted by atomic mass is 19.1. The monoisotopic (exact) mass is 286 g/mol. The van der Waals surface area contributed by atoms with Crippen LogP contribution in [0.3, 0.4) is 0 Å². The van der Waals surface area contributed by atoms with Gasteiger partial charge < -0.3 is 11.1 Å². The maximum atomic E-state index is 13.0. The molecule has 0 aliphatic rings. The zero-order valence-corrected chi connectivity index (χ0v) is 11.3. The van der Waals surface area contributed by atoms with E-state index in [1.165, 1.54) is 12.1 Å². The summed E-state index contributed by atoms with van der Waals surface area (Å²) in [4.78, 5) is 22.7. The molecule has 0 atom stereocenters. The lowest BCUT2D eigenvalue weighted by Crippen LogP contribution is -2.13. The van der Waals surface area contributed by atoms with E-state index in [9.17, 15) is 14.0 Å². The molecule has 0 saturated carbocycles. The Morgan fingerprint density at radius 3 is 2.43 bits per heavy atom. The van der Waals surface area contributed by atoms with Crippen LogP contribution in [0.5, 0.6) is 0 Å². The van der Waals surface area contributed by atoms with Gasteiger partial charge in [-0.15, -0.1) is 0 Å². The van der Waals surface area contributed by atoms with Gasteiger partial charge in [0.05, 0.1) is 0 Å². The van der Waals surface area contributed by atoms with Gasteiger partial charge >= 0.3 is 0 Å². The normalized spacial score (nSPS) is 10.1. The molecule has 2 amide bonds. The number of amides is 2. The minimum absolute atomic E-state index is 0.175. The van der Waals surface area contributed by atoms with E-state index in [-0.39, 0.29) is 18.1 Å². The summed E-state index contributed by atoms with van der Waals surface area (Å²) in [6, 6.07) is 12.5. The van der Waals surface area contributed by atoms with Crippen molar-refractivity contribution in [2.75, 3.05) is 5.32 Å². The molecule has 21 heavy (non-hydrogen) atoms. The number of rotatable bonds is 5. The molecule has 5 heteroatoms. The molecular formula is C16H15FN2O2. The van der Waals surface area contributed by atoms with E-state index in [2.05, 4.69) is 5.32 Å². The van der Waals surface area contributed by atoms with Crippen molar-refractivity contribution >= 4 is 17.5 Å². The second kappa shape index (κ2) is 6.65. The smallest absolute Gasteiger partial charge is 0.248 e. The van der Waals surface area contributed by atoms with Gasteiger partial charge in [0.25, 0.3) is 0 Å². The Kier molecular flexibility index (Phi) is 4.66. The SMILES string of the molecule is NC(=O)c1ccc(NC(=O)CCc2cccc(F)c2)cc1. The zero-order valence-electron chi connectivity index (χ0n) is 11.3. The molecular weight excluding hydrogens is 271 g/mol. The van der Waals surface area contributed by atoms with E-state index in [1.807, 2.05) is 0 Å². The molecule has 0 aromatic heterocycles. The third-order valence-corrected chi connectivity index (χ3v) is 2.98. The highest BCUT2D eigenvalue weighted by molar-refractivity contribution is 5.94. The van der Waals surface area contributed by atoms with E-state index in [0.29, 0.717) is 17.7 Å². The number of aryl methyl sites for hydroxylation is 1. The molecule has 0 radical (unpaired) electrons. The summed E-state index contributed by atoms with van der Waals surface area (Å²) in [6.07, 6.45) is 0.712. The van der Waals surface area contributed by atoms with Crippen LogP contribution in [0.25, 0.3) is 0 Å². The quantitative estimate of drug-likeness (QED) is 0.886. The topological polar surface area (TPSA) is 72.2 Å². The summed E-state index contributed by atoms with van der Waals surface area (Å²) >= 11 is 0. The first-order chi connectivity index (χ1) is 10.0. The number of nitrogens with two attached hydrogens (primary N) is 1. The predicted molar refractivity (Wildman–Crippen MR) is 78.3 cm³/mol. The third kappa shape index (κ3) is 4.42. The van der Waals surface area contributed by atoms with Gasteiger partial charge in [0, 0.05) is 17.7 Å². The number of carbonyl (C=O) groups is 2. The van der Waals surface area contributed by atoms with Crippen LogP contribution in [0.1, 0.15) is 22.3 Å². The molecule has 0 fully saturated rings. The van der Waals surface area contributed by atoms with E-state index in [0.717, 1.165) is 5.56 Å². The van der Waals surface area contributed by atoms with Crippen LogP contribution in [0, 0.1) is 5.82 Å². The molecule has 0 aliphatic carbocycles. The molecule has 0 bridgehead atoms. The number of nitrogens with one attached hydrogen (secondary N) is 1. The van der Waals surface area contributed by atoms with Crippen molar-refractivity contribution in [3.63, 3.8) is 0 Å². The molecule has 108 valence electrons. The Labute approximate surface area is 121 Å². The molecule has 2 rings (SSSR count). The van der Waals surface area contributed by atoms with Crippen molar-refractivity contribution in [1.29, 1.82) is 0 Å². The lowest BCUT2D eigenvalue weighted by atomic mass is 10.1. The number of anilines is 1. The average Bonchev–Trinajstić information content (AvgIpc) is 2.46. The molecule has 0 unspecified atom stereocenters. The first-order valence-electron chi connectivity index (χ1n) is 6.49. The van der Waals surface area contributed by atoms with Crippen LogP contribution in [0.4, 0.5) is 10.1 Å². The molecule has 0 spiro atoms. The van der Waals surface area contributed by atoms with Crippen LogP contribution >= 0.6 is 0 Å². The summed E-state index contributed by atoms with van der Waals surface area (Å²) in [5.41, 5.74) is 6.87. The summed E-state index contributed by atoms with van der Waals surface area (Å²) in [6.45, 7) is 0. The van der Waals surface area contributed by atoms with Crippen LogP contribution in [-0.2, 0) is 11.2 Å². The van der Waals surface area contributed by atoms with Crippen molar-refractivity contribution in [3.05, 3.63) is 65.5 Å². The zero-order chi connectivity index (χ0) is 15.2. The predicted octanol–water partition coefficient (Wildman–Crippen LogP) is 2.50. The van der Waals surface area contributed by atoms with Crippen LogP contribution in [0.2, 0.25) is 0 Å². The fourth-order valence-electron chi connectivity index (χ4n) is 1.89. The van der Waals surface area contributed by atoms with E-state index in [1.54, 1.807) is 36.4 Å². The second-order valence-corrected chi connectivity index (χ2v) is 4.62. The molecule has 0 aliphatic heterocycles. The van der Waals surface area contributed by atoms with Gasteiger partial charge in [0.2, 0.25) is 11.8 Å². The van der Waals surface area contributed by atoms with Gasteiger partial charge in [-0.05, 0) is 48.4 Å². The molecule has 2 aromatic carbocycles. The Hall–Kier alpha value is -2.69. The van der Waals surface area contributed by atoms with E-state index in [4.69, 9.17) is 5.73 Å². The van der Waals surface area contributed by atoms with Crippen LogP contribution in [-0.4, -0.2) is 11.8 Å². The summed E-state index contributed by atoms with van der Waals surface area (Å²) in [7, 11) is 0. The van der Waals surface area contributed by atoms with Crippen molar-refractivity contribution in [1.82, 2.24) is 0 Å². The number of halogens is 1. The van der Waals surface area contributed by atoms with Gasteiger partial charge in [-0.1, -0.05) is 12.1 Å². The second-order valence-electron chi connectivity index (χ2n) is 4.62. The number of hydrogen-bond donors (Lipinski definition) is 2. The number of carbonyl (C=O) groups excluding carboxylic acids is 2. The van der Waals surface area contributed by atoms with Gasteiger partial charge in [0.15, 0.2) is 0 Å². The Balaban J connectivity index is 1.88. The molecule has 0 heterocycles. The summed E-state index contributed by atoms with van der Waals surface area (Å²) < 4.78 is 13.0. The fourth-order valence-corrected chi connectivity index (χ4v) is 1.89. The minimum atomic E-state index is -0.515. The van der Waals surface area contributed by atoms with Gasteiger partial charge in [-0.25, -0.2) is 4.39 Å². The fraction of sp³-hybridized carbons (Fsp3) is 0.125. The van der Waals surface area contributed by atoms with Gasteiger partial charge in [0.1, 0.15) is 5.82 Å². The largest absolute Gasteiger partial charge is 0.366 e. The lowest BCUT2D eigenvalue weighted by molar-refractivity contribution is -0.116. The molecule has 3 N–H and O–H groups in total. The number of primary amides is 1. The average molecular weight is 286 g/mol. The van der Waals surface area contributed by atoms with Crippen molar-refractivity contribution < 1.29 is 14.0 Å². The minimum Gasteiger partial charge on any atom is -0.366 e. The van der Waals surface area contributed by atoms with E-state index < -0.39 is 5.91 Å². The van der Waals surface area contributed by atoms with Gasteiger partial charge in [-0.3, -0.25) is 9.59 Å². The van der Waals surface area contributed by atoms with Crippen molar-refractivity contribution in [2.45, 2.75) is 12.8 Å². The standard InChI is InChI=1S/C16H15FN2O2/c17-13-3-1-2-11(10-13)4-9-15(20)19-14-7-5-12(6-8-14)16(18)21/h1-3,5-8,10H,4,9H2,(H2,18,21)(H,19,20). The Bertz CT molecular complexity index is 654. The number of hydrogen-bond acceptors (Lipinski definition) is 2. The van der Waals surface area contributed by atoms with E-state index >= 15 is 0 Å². The van der Waals surface area contributed by atoms with Crippen LogP contribution in [0.15, 0.2) is 48.5 Å². The van der Waals surface area contributed by atoms with Gasteiger partial charge in [-0.2, -0.15) is 0 Å². The van der Waals surface area contributed by atoms with Crippen LogP contribution < -0.4 is 11.1 Å². The van der Waals surface area contributed by atoms with Crippen molar-refractivity contribution in [2.24, 2.45) is 5.73 Å². The first-order valence-corrected chi connectivity index (χ1v) is 6.49. The third-order valence-electron chi connectivity index (χ3n) is 2.98. The molecule has 0 saturated heterocycles. The highest BCUT2D eigenvalue weighted by Crippen LogP contribution is 2.11. The molecule has 2 aromatic rings. The highest BCUT2D eigenvalue weighted by Gasteiger charge is 2.05. The maximum absolute atomic E-state index is 13.0. The molecule has 4 nitrogen and oxygen atoms in total. The first kappa shape index (κ1) is 14.7. The Morgan fingerprint density at radius 1 is 1.10 bits per heavy atom. The summed E-state index contributed by atoms with van der Waals surface area (Å²) in [5, 5.41) is 2.71.